The Kier molecular flexibility index (Phi) is 2.83. The molecule has 0 bridgehead atoms. The summed E-state index contributed by atoms with van der Waals surface area (Å²) in [6.45, 7) is 2.18. The molecule has 90 valence electrons. The van der Waals surface area contributed by atoms with Gasteiger partial charge in [-0.2, -0.15) is 0 Å². The number of rotatable bonds is 2. The summed E-state index contributed by atoms with van der Waals surface area (Å²) in [5, 5.41) is 0.711. The molecule has 2 atom stereocenters. The van der Waals surface area contributed by atoms with Gasteiger partial charge in [-0.1, -0.05) is 18.0 Å². The molecule has 1 aliphatic heterocycles. The Bertz CT molecular complexity index is 434. The number of carbonyl (C=O) groups excluding carboxylic acids is 1. The van der Waals surface area contributed by atoms with Crippen LogP contribution in [0.15, 0.2) is 18.2 Å². The first-order valence-electron chi connectivity index (χ1n) is 6.27. The molecule has 2 aliphatic rings. The maximum atomic E-state index is 11.1. The van der Waals surface area contributed by atoms with Crippen molar-refractivity contribution in [3.8, 4) is 0 Å². The van der Waals surface area contributed by atoms with Crippen LogP contribution in [-0.2, 0) is 0 Å². The van der Waals surface area contributed by atoms with Crippen LogP contribution in [0.1, 0.15) is 29.6 Å². The van der Waals surface area contributed by atoms with Crippen molar-refractivity contribution in [2.45, 2.75) is 19.3 Å². The van der Waals surface area contributed by atoms with E-state index >= 15 is 0 Å². The van der Waals surface area contributed by atoms with Crippen LogP contribution in [0.25, 0.3) is 0 Å². The third kappa shape index (κ3) is 1.95. The van der Waals surface area contributed by atoms with Crippen molar-refractivity contribution in [3.63, 3.8) is 0 Å². The standard InChI is InChI=1S/C14H16ClNO/c15-13-5-4-12(9-17)14(6-13)16-7-10-2-1-3-11(10)8-16/h4-6,9-11H,1-3,7-8H2. The highest BCUT2D eigenvalue weighted by Gasteiger charge is 2.36. The van der Waals surface area contributed by atoms with Crippen molar-refractivity contribution in [1.82, 2.24) is 0 Å². The summed E-state index contributed by atoms with van der Waals surface area (Å²) in [6.07, 6.45) is 5.00. The third-order valence-electron chi connectivity index (χ3n) is 4.19. The number of nitrogens with zero attached hydrogens (tertiary/aromatic N) is 1. The van der Waals surface area contributed by atoms with Gasteiger partial charge in [-0.25, -0.2) is 0 Å². The van der Waals surface area contributed by atoms with Gasteiger partial charge in [-0.05, 0) is 42.9 Å². The molecule has 17 heavy (non-hydrogen) atoms. The van der Waals surface area contributed by atoms with E-state index in [4.69, 9.17) is 11.6 Å². The molecule has 2 fully saturated rings. The van der Waals surface area contributed by atoms with Crippen LogP contribution < -0.4 is 4.90 Å². The number of halogens is 1. The molecule has 0 amide bonds. The lowest BCUT2D eigenvalue weighted by atomic mass is 10.0. The molecule has 0 aromatic heterocycles. The van der Waals surface area contributed by atoms with Gasteiger partial charge < -0.3 is 4.90 Å². The summed E-state index contributed by atoms with van der Waals surface area (Å²) < 4.78 is 0. The van der Waals surface area contributed by atoms with E-state index in [1.165, 1.54) is 19.3 Å². The summed E-state index contributed by atoms with van der Waals surface area (Å²) in [5.74, 6) is 1.65. The maximum absolute atomic E-state index is 11.1. The quantitative estimate of drug-likeness (QED) is 0.749. The fraction of sp³-hybridized carbons (Fsp3) is 0.500. The minimum Gasteiger partial charge on any atom is -0.370 e. The van der Waals surface area contributed by atoms with Crippen LogP contribution in [-0.4, -0.2) is 19.4 Å². The van der Waals surface area contributed by atoms with Crippen LogP contribution in [0, 0.1) is 11.8 Å². The number of fused-ring (bicyclic) bond motifs is 1. The molecular weight excluding hydrogens is 234 g/mol. The SMILES string of the molecule is O=Cc1ccc(Cl)cc1N1CC2CCCC2C1. The Hall–Kier alpha value is -1.02. The van der Waals surface area contributed by atoms with Gasteiger partial charge in [0.2, 0.25) is 0 Å². The number of anilines is 1. The molecule has 2 nitrogen and oxygen atoms in total. The largest absolute Gasteiger partial charge is 0.370 e. The van der Waals surface area contributed by atoms with Crippen molar-refractivity contribution >= 4 is 23.6 Å². The number of hydrogen-bond acceptors (Lipinski definition) is 2. The van der Waals surface area contributed by atoms with Gasteiger partial charge in [-0.15, -0.1) is 0 Å². The monoisotopic (exact) mass is 249 g/mol. The number of hydrogen-bond donors (Lipinski definition) is 0. The van der Waals surface area contributed by atoms with E-state index in [0.717, 1.165) is 42.5 Å². The maximum Gasteiger partial charge on any atom is 0.152 e. The zero-order chi connectivity index (χ0) is 11.8. The van der Waals surface area contributed by atoms with E-state index in [-0.39, 0.29) is 0 Å². The number of benzene rings is 1. The minimum atomic E-state index is 0.711. The Morgan fingerprint density at radius 3 is 2.59 bits per heavy atom. The third-order valence-corrected chi connectivity index (χ3v) is 4.42. The van der Waals surface area contributed by atoms with Gasteiger partial charge >= 0.3 is 0 Å². The zero-order valence-corrected chi connectivity index (χ0v) is 10.5. The molecular formula is C14H16ClNO. The van der Waals surface area contributed by atoms with Crippen LogP contribution >= 0.6 is 11.6 Å². The summed E-state index contributed by atoms with van der Waals surface area (Å²) in [6, 6.07) is 5.52. The lowest BCUT2D eigenvalue weighted by molar-refractivity contribution is 0.112. The first-order chi connectivity index (χ1) is 8.28. The first kappa shape index (κ1) is 11.1. The molecule has 1 aromatic carbocycles. The van der Waals surface area contributed by atoms with Gasteiger partial charge in [0.05, 0.1) is 0 Å². The normalized spacial score (nSPS) is 27.2. The van der Waals surface area contributed by atoms with Gasteiger partial charge in [0, 0.05) is 29.4 Å². The van der Waals surface area contributed by atoms with Crippen molar-refractivity contribution in [2.24, 2.45) is 11.8 Å². The summed E-state index contributed by atoms with van der Waals surface area (Å²) in [5.41, 5.74) is 1.77. The van der Waals surface area contributed by atoms with Crippen LogP contribution in [0.4, 0.5) is 5.69 Å². The van der Waals surface area contributed by atoms with E-state index in [0.29, 0.717) is 5.02 Å². The predicted molar refractivity (Wildman–Crippen MR) is 69.9 cm³/mol. The highest BCUT2D eigenvalue weighted by Crippen LogP contribution is 2.40. The number of carbonyl (C=O) groups is 1. The second-order valence-electron chi connectivity index (χ2n) is 5.18. The van der Waals surface area contributed by atoms with E-state index in [1.54, 1.807) is 6.07 Å². The lowest BCUT2D eigenvalue weighted by Crippen LogP contribution is -2.22. The van der Waals surface area contributed by atoms with Gasteiger partial charge in [-0.3, -0.25) is 4.79 Å². The van der Waals surface area contributed by atoms with E-state index in [1.807, 2.05) is 12.1 Å². The highest BCUT2D eigenvalue weighted by molar-refractivity contribution is 6.31. The predicted octanol–water partition coefficient (Wildman–Crippen LogP) is 3.39. The van der Waals surface area contributed by atoms with Gasteiger partial charge in [0.25, 0.3) is 0 Å². The van der Waals surface area contributed by atoms with Crippen LogP contribution in [0.5, 0.6) is 0 Å². The Morgan fingerprint density at radius 1 is 1.24 bits per heavy atom. The van der Waals surface area contributed by atoms with Crippen molar-refractivity contribution in [1.29, 1.82) is 0 Å². The molecule has 3 heteroatoms. The highest BCUT2D eigenvalue weighted by atomic mass is 35.5. The molecule has 2 unspecified atom stereocenters. The second-order valence-corrected chi connectivity index (χ2v) is 5.61. The van der Waals surface area contributed by atoms with E-state index in [9.17, 15) is 4.79 Å². The summed E-state index contributed by atoms with van der Waals surface area (Å²) in [7, 11) is 0. The van der Waals surface area contributed by atoms with Crippen molar-refractivity contribution in [2.75, 3.05) is 18.0 Å². The number of aldehydes is 1. The first-order valence-corrected chi connectivity index (χ1v) is 6.65. The fourth-order valence-corrected chi connectivity index (χ4v) is 3.49. The fourth-order valence-electron chi connectivity index (χ4n) is 3.32. The minimum absolute atomic E-state index is 0.711. The van der Waals surface area contributed by atoms with Gasteiger partial charge in [0.15, 0.2) is 6.29 Å². The summed E-state index contributed by atoms with van der Waals surface area (Å²) >= 11 is 6.03. The van der Waals surface area contributed by atoms with Gasteiger partial charge in [0.1, 0.15) is 0 Å². The molecule has 1 aromatic rings. The van der Waals surface area contributed by atoms with E-state index < -0.39 is 0 Å². The molecule has 0 radical (unpaired) electrons. The lowest BCUT2D eigenvalue weighted by Gasteiger charge is -2.21. The average Bonchev–Trinajstić information content (AvgIpc) is 2.88. The van der Waals surface area contributed by atoms with Crippen LogP contribution in [0.2, 0.25) is 5.02 Å². The Labute approximate surface area is 107 Å². The molecule has 0 spiro atoms. The van der Waals surface area contributed by atoms with E-state index in [2.05, 4.69) is 4.90 Å². The van der Waals surface area contributed by atoms with Crippen molar-refractivity contribution in [3.05, 3.63) is 28.8 Å². The van der Waals surface area contributed by atoms with Crippen molar-refractivity contribution < 1.29 is 4.79 Å². The summed E-state index contributed by atoms with van der Waals surface area (Å²) in [4.78, 5) is 13.4. The molecule has 1 saturated carbocycles. The molecule has 1 saturated heterocycles. The molecule has 1 aliphatic carbocycles. The average molecular weight is 250 g/mol. The smallest absolute Gasteiger partial charge is 0.152 e. The topological polar surface area (TPSA) is 20.3 Å². The second kappa shape index (κ2) is 4.34. The Balaban J connectivity index is 1.89. The molecule has 3 rings (SSSR count). The zero-order valence-electron chi connectivity index (χ0n) is 9.73. The Morgan fingerprint density at radius 2 is 1.94 bits per heavy atom. The van der Waals surface area contributed by atoms with Crippen LogP contribution in [0.3, 0.4) is 0 Å². The molecule has 0 N–H and O–H groups in total. The molecule has 1 heterocycles.